The van der Waals surface area contributed by atoms with Crippen LogP contribution in [0.3, 0.4) is 0 Å². The normalized spacial score (nSPS) is 12.0. The fourth-order valence-corrected chi connectivity index (χ4v) is 4.08. The van der Waals surface area contributed by atoms with Gasteiger partial charge >= 0.3 is 0 Å². The number of rotatable bonds is 4. The standard InChI is InChI=1S/C24H24N4OS/c1-16-14-21(26-22(29)13-10-17-8-6-5-7-9-17)28(27-16)23-25-19-12-11-18(24(2,3)4)15-20(19)30-23/h5-15H,1-4H3,(H,26,29)/b13-10+. The number of aromatic nitrogens is 3. The topological polar surface area (TPSA) is 59.8 Å². The Kier molecular flexibility index (Phi) is 5.26. The van der Waals surface area contributed by atoms with Crippen molar-refractivity contribution in [3.63, 3.8) is 0 Å². The number of hydrogen-bond donors (Lipinski definition) is 1. The Balaban J connectivity index is 1.61. The summed E-state index contributed by atoms with van der Waals surface area (Å²) >= 11 is 1.57. The summed E-state index contributed by atoms with van der Waals surface area (Å²) in [5, 5.41) is 8.19. The first kappa shape index (κ1) is 20.0. The van der Waals surface area contributed by atoms with E-state index in [0.717, 1.165) is 26.6 Å². The predicted molar refractivity (Wildman–Crippen MR) is 124 cm³/mol. The highest BCUT2D eigenvalue weighted by Gasteiger charge is 2.17. The molecule has 0 aliphatic carbocycles. The number of aryl methyl sites for hydroxylation is 1. The number of amides is 1. The number of fused-ring (bicyclic) bond motifs is 1. The number of carbonyl (C=O) groups excluding carboxylic acids is 1. The van der Waals surface area contributed by atoms with Gasteiger partial charge in [0, 0.05) is 12.1 Å². The molecule has 4 aromatic rings. The molecule has 5 nitrogen and oxygen atoms in total. The van der Waals surface area contributed by atoms with Gasteiger partial charge < -0.3 is 5.32 Å². The molecule has 0 atom stereocenters. The lowest BCUT2D eigenvalue weighted by atomic mass is 9.87. The number of anilines is 1. The second kappa shape index (κ2) is 7.88. The zero-order valence-corrected chi connectivity index (χ0v) is 18.3. The van der Waals surface area contributed by atoms with Crippen LogP contribution in [0, 0.1) is 6.92 Å². The SMILES string of the molecule is Cc1cc(NC(=O)/C=C/c2ccccc2)n(-c2nc3ccc(C(C)(C)C)cc3s2)n1. The Morgan fingerprint density at radius 2 is 1.87 bits per heavy atom. The molecule has 0 saturated heterocycles. The van der Waals surface area contributed by atoms with Gasteiger partial charge in [-0.25, -0.2) is 4.98 Å². The molecule has 152 valence electrons. The summed E-state index contributed by atoms with van der Waals surface area (Å²) in [6.45, 7) is 8.49. The third-order valence-corrected chi connectivity index (χ3v) is 5.73. The molecular formula is C24H24N4OS. The molecule has 4 rings (SSSR count). The van der Waals surface area contributed by atoms with Crippen LogP contribution in [-0.2, 0) is 10.2 Å². The lowest BCUT2D eigenvalue weighted by Crippen LogP contribution is -2.12. The van der Waals surface area contributed by atoms with Crippen LogP contribution < -0.4 is 5.32 Å². The largest absolute Gasteiger partial charge is 0.307 e. The first-order valence-corrected chi connectivity index (χ1v) is 10.6. The average molecular weight is 417 g/mol. The number of thiazole rings is 1. The minimum atomic E-state index is -0.212. The number of carbonyl (C=O) groups is 1. The number of nitrogens with zero attached hydrogens (tertiary/aromatic N) is 3. The van der Waals surface area contributed by atoms with Crippen LogP contribution in [-0.4, -0.2) is 20.7 Å². The number of nitrogens with one attached hydrogen (secondary N) is 1. The van der Waals surface area contributed by atoms with Gasteiger partial charge in [0.05, 0.1) is 15.9 Å². The molecule has 1 amide bonds. The Morgan fingerprint density at radius 3 is 2.60 bits per heavy atom. The molecule has 2 heterocycles. The monoisotopic (exact) mass is 416 g/mol. The van der Waals surface area contributed by atoms with Gasteiger partial charge in [-0.15, -0.1) is 0 Å². The van der Waals surface area contributed by atoms with Gasteiger partial charge in [-0.05, 0) is 41.7 Å². The van der Waals surface area contributed by atoms with Crippen LogP contribution in [0.25, 0.3) is 21.4 Å². The molecule has 1 N–H and O–H groups in total. The van der Waals surface area contributed by atoms with Crippen LogP contribution in [0.15, 0.2) is 60.7 Å². The van der Waals surface area contributed by atoms with Crippen molar-refractivity contribution in [2.24, 2.45) is 0 Å². The highest BCUT2D eigenvalue weighted by Crippen LogP contribution is 2.31. The van der Waals surface area contributed by atoms with Gasteiger partial charge in [0.25, 0.3) is 0 Å². The van der Waals surface area contributed by atoms with E-state index < -0.39 is 0 Å². The highest BCUT2D eigenvalue weighted by atomic mass is 32.1. The molecule has 0 aliphatic rings. The Labute approximate surface area is 180 Å². The fourth-order valence-electron chi connectivity index (χ4n) is 3.11. The zero-order chi connectivity index (χ0) is 21.3. The van der Waals surface area contributed by atoms with Gasteiger partial charge in [-0.3, -0.25) is 4.79 Å². The molecule has 0 radical (unpaired) electrons. The van der Waals surface area contributed by atoms with Crippen molar-refractivity contribution in [1.29, 1.82) is 0 Å². The van der Waals surface area contributed by atoms with Crippen molar-refractivity contribution in [2.75, 3.05) is 5.32 Å². The first-order chi connectivity index (χ1) is 14.3. The van der Waals surface area contributed by atoms with Crippen LogP contribution in [0.4, 0.5) is 5.82 Å². The van der Waals surface area contributed by atoms with Gasteiger partial charge in [-0.1, -0.05) is 68.5 Å². The minimum absolute atomic E-state index is 0.0743. The highest BCUT2D eigenvalue weighted by molar-refractivity contribution is 7.20. The summed E-state index contributed by atoms with van der Waals surface area (Å²) in [5.41, 5.74) is 4.05. The number of hydrogen-bond acceptors (Lipinski definition) is 4. The minimum Gasteiger partial charge on any atom is -0.307 e. The second-order valence-corrected chi connectivity index (χ2v) is 9.25. The van der Waals surface area contributed by atoms with Crippen molar-refractivity contribution in [1.82, 2.24) is 14.8 Å². The molecule has 2 aromatic heterocycles. The molecular weight excluding hydrogens is 392 g/mol. The molecule has 6 heteroatoms. The number of benzene rings is 2. The summed E-state index contributed by atoms with van der Waals surface area (Å²) < 4.78 is 2.80. The van der Waals surface area contributed by atoms with Crippen molar-refractivity contribution in [3.05, 3.63) is 77.5 Å². The van der Waals surface area contributed by atoms with E-state index in [1.165, 1.54) is 11.6 Å². The Bertz CT molecular complexity index is 1230. The van der Waals surface area contributed by atoms with Crippen molar-refractivity contribution in [2.45, 2.75) is 33.1 Å². The quantitative estimate of drug-likeness (QED) is 0.432. The summed E-state index contributed by atoms with van der Waals surface area (Å²) in [4.78, 5) is 17.2. The second-order valence-electron chi connectivity index (χ2n) is 8.24. The third-order valence-electron chi connectivity index (χ3n) is 4.73. The molecule has 2 aromatic carbocycles. The Morgan fingerprint density at radius 1 is 1.10 bits per heavy atom. The third kappa shape index (κ3) is 4.33. The van der Waals surface area contributed by atoms with E-state index in [1.807, 2.05) is 49.4 Å². The van der Waals surface area contributed by atoms with E-state index in [2.05, 4.69) is 43.3 Å². The zero-order valence-electron chi connectivity index (χ0n) is 17.5. The fraction of sp³-hybridized carbons (Fsp3) is 0.208. The van der Waals surface area contributed by atoms with E-state index in [9.17, 15) is 4.79 Å². The van der Waals surface area contributed by atoms with Crippen LogP contribution in [0.1, 0.15) is 37.6 Å². The average Bonchev–Trinajstić information content (AvgIpc) is 3.28. The maximum absolute atomic E-state index is 12.4. The molecule has 0 aliphatic heterocycles. The summed E-state index contributed by atoms with van der Waals surface area (Å²) in [5.74, 6) is 0.390. The Hall–Kier alpha value is -3.25. The van der Waals surface area contributed by atoms with Crippen molar-refractivity contribution >= 4 is 39.4 Å². The van der Waals surface area contributed by atoms with Crippen LogP contribution in [0.2, 0.25) is 0 Å². The van der Waals surface area contributed by atoms with E-state index in [0.29, 0.717) is 5.82 Å². The van der Waals surface area contributed by atoms with E-state index >= 15 is 0 Å². The van der Waals surface area contributed by atoms with Gasteiger partial charge in [0.15, 0.2) is 0 Å². The maximum atomic E-state index is 12.4. The van der Waals surface area contributed by atoms with Gasteiger partial charge in [0.2, 0.25) is 11.0 Å². The van der Waals surface area contributed by atoms with Crippen LogP contribution in [0.5, 0.6) is 0 Å². The van der Waals surface area contributed by atoms with Crippen molar-refractivity contribution < 1.29 is 4.79 Å². The van der Waals surface area contributed by atoms with E-state index in [1.54, 1.807) is 22.1 Å². The van der Waals surface area contributed by atoms with Crippen LogP contribution >= 0.6 is 11.3 Å². The molecule has 0 fully saturated rings. The molecule has 0 spiro atoms. The van der Waals surface area contributed by atoms with Gasteiger partial charge in [-0.2, -0.15) is 9.78 Å². The summed E-state index contributed by atoms with van der Waals surface area (Å²) in [6, 6.07) is 17.9. The lowest BCUT2D eigenvalue weighted by Gasteiger charge is -2.18. The lowest BCUT2D eigenvalue weighted by molar-refractivity contribution is -0.111. The summed E-state index contributed by atoms with van der Waals surface area (Å²) in [6.07, 6.45) is 3.31. The molecule has 0 unspecified atom stereocenters. The van der Waals surface area contributed by atoms with Crippen molar-refractivity contribution in [3.8, 4) is 5.13 Å². The van der Waals surface area contributed by atoms with E-state index in [4.69, 9.17) is 4.98 Å². The van der Waals surface area contributed by atoms with E-state index in [-0.39, 0.29) is 11.3 Å². The predicted octanol–water partition coefficient (Wildman–Crippen LogP) is 5.74. The van der Waals surface area contributed by atoms with Gasteiger partial charge in [0.1, 0.15) is 5.82 Å². The molecule has 0 bridgehead atoms. The molecule has 30 heavy (non-hydrogen) atoms. The summed E-state index contributed by atoms with van der Waals surface area (Å²) in [7, 11) is 0. The molecule has 0 saturated carbocycles. The smallest absolute Gasteiger partial charge is 0.249 e. The first-order valence-electron chi connectivity index (χ1n) is 9.82. The maximum Gasteiger partial charge on any atom is 0.249 e.